The summed E-state index contributed by atoms with van der Waals surface area (Å²) in [6.45, 7) is 7.42. The van der Waals surface area contributed by atoms with Crippen LogP contribution in [0.2, 0.25) is 0 Å². The molecule has 5 nitrogen and oxygen atoms in total. The summed E-state index contributed by atoms with van der Waals surface area (Å²) >= 11 is 0. The molecule has 0 aliphatic carbocycles. The van der Waals surface area contributed by atoms with Gasteiger partial charge in [0.15, 0.2) is 0 Å². The van der Waals surface area contributed by atoms with E-state index in [4.69, 9.17) is 0 Å². The molecule has 0 spiro atoms. The molecule has 0 radical (unpaired) electrons. The number of benzene rings is 1. The fourth-order valence-corrected chi connectivity index (χ4v) is 2.97. The predicted octanol–water partition coefficient (Wildman–Crippen LogP) is 3.24. The molecule has 3 rings (SSSR count). The number of aromatic nitrogens is 3. The first-order chi connectivity index (χ1) is 11.6. The van der Waals surface area contributed by atoms with Crippen molar-refractivity contribution in [1.82, 2.24) is 19.7 Å². The number of nitrogens with one attached hydrogen (secondary N) is 1. The zero-order valence-corrected chi connectivity index (χ0v) is 14.3. The van der Waals surface area contributed by atoms with Crippen LogP contribution in [0, 0.1) is 13.8 Å². The van der Waals surface area contributed by atoms with Gasteiger partial charge in [0.1, 0.15) is 0 Å². The molecule has 0 saturated carbocycles. The Morgan fingerprint density at radius 1 is 1.21 bits per heavy atom. The van der Waals surface area contributed by atoms with Crippen molar-refractivity contribution in [3.8, 4) is 5.69 Å². The molecule has 2 aromatic heterocycles. The van der Waals surface area contributed by atoms with E-state index in [-0.39, 0.29) is 5.91 Å². The molecule has 1 N–H and O–H groups in total. The molecule has 0 saturated heterocycles. The lowest BCUT2D eigenvalue weighted by molar-refractivity contribution is 0.0950. The van der Waals surface area contributed by atoms with Gasteiger partial charge in [-0.1, -0.05) is 18.2 Å². The predicted molar refractivity (Wildman–Crippen MR) is 94.3 cm³/mol. The molecule has 1 aromatic carbocycles. The zero-order valence-electron chi connectivity index (χ0n) is 14.3. The number of hydrogen-bond acceptors (Lipinski definition) is 2. The van der Waals surface area contributed by atoms with E-state index in [2.05, 4.69) is 21.9 Å². The van der Waals surface area contributed by atoms with Crippen molar-refractivity contribution in [2.75, 3.05) is 0 Å². The maximum absolute atomic E-state index is 12.4. The van der Waals surface area contributed by atoms with E-state index in [1.54, 1.807) is 6.20 Å². The lowest BCUT2D eigenvalue weighted by atomic mass is 10.2. The van der Waals surface area contributed by atoms with Gasteiger partial charge in [-0.15, -0.1) is 0 Å². The second-order valence-corrected chi connectivity index (χ2v) is 5.84. The first kappa shape index (κ1) is 16.1. The van der Waals surface area contributed by atoms with E-state index < -0.39 is 0 Å². The van der Waals surface area contributed by atoms with Crippen LogP contribution in [-0.4, -0.2) is 20.3 Å². The van der Waals surface area contributed by atoms with E-state index in [0.29, 0.717) is 6.54 Å². The minimum atomic E-state index is -0.0461. The van der Waals surface area contributed by atoms with Crippen molar-refractivity contribution in [3.05, 3.63) is 71.3 Å². The van der Waals surface area contributed by atoms with Crippen LogP contribution >= 0.6 is 0 Å². The molecular weight excluding hydrogens is 300 g/mol. The number of nitrogens with zero attached hydrogens (tertiary/aromatic N) is 3. The molecule has 0 aliphatic rings. The third kappa shape index (κ3) is 3.11. The van der Waals surface area contributed by atoms with Crippen molar-refractivity contribution in [3.63, 3.8) is 0 Å². The third-order valence-electron chi connectivity index (χ3n) is 4.24. The van der Waals surface area contributed by atoms with Crippen molar-refractivity contribution in [1.29, 1.82) is 0 Å². The summed E-state index contributed by atoms with van der Waals surface area (Å²) in [5.74, 6) is -0.0461. The Bertz CT molecular complexity index is 846. The highest BCUT2D eigenvalue weighted by Crippen LogP contribution is 2.15. The minimum Gasteiger partial charge on any atom is -0.349 e. The number of rotatable bonds is 5. The van der Waals surface area contributed by atoms with Gasteiger partial charge in [0, 0.05) is 36.2 Å². The maximum atomic E-state index is 12.4. The number of para-hydroxylation sites is 1. The Labute approximate surface area is 141 Å². The number of amides is 1. The largest absolute Gasteiger partial charge is 0.349 e. The molecule has 2 heterocycles. The van der Waals surface area contributed by atoms with Gasteiger partial charge in [-0.2, -0.15) is 5.10 Å². The van der Waals surface area contributed by atoms with Crippen molar-refractivity contribution in [2.45, 2.75) is 33.9 Å². The highest BCUT2D eigenvalue weighted by atomic mass is 16.1. The zero-order chi connectivity index (χ0) is 17.1. The fraction of sp³-hybridized carbons (Fsp3) is 0.263. The molecule has 0 bridgehead atoms. The van der Waals surface area contributed by atoms with Crippen molar-refractivity contribution in [2.24, 2.45) is 0 Å². The fourth-order valence-electron chi connectivity index (χ4n) is 2.97. The summed E-state index contributed by atoms with van der Waals surface area (Å²) in [6, 6.07) is 11.9. The first-order valence-electron chi connectivity index (χ1n) is 8.14. The molecule has 0 aliphatic heterocycles. The number of carbonyl (C=O) groups is 1. The van der Waals surface area contributed by atoms with Crippen LogP contribution in [0.3, 0.4) is 0 Å². The SMILES string of the molecule is CCn1c(C)cc(C(=O)NCc2cnn(-c3ccccc3)c2)c1C. The molecule has 24 heavy (non-hydrogen) atoms. The quantitative estimate of drug-likeness (QED) is 0.784. The summed E-state index contributed by atoms with van der Waals surface area (Å²) in [5, 5.41) is 7.33. The van der Waals surface area contributed by atoms with Gasteiger partial charge in [-0.25, -0.2) is 4.68 Å². The van der Waals surface area contributed by atoms with Crippen LogP contribution in [0.25, 0.3) is 5.69 Å². The highest BCUT2D eigenvalue weighted by Gasteiger charge is 2.14. The Balaban J connectivity index is 1.68. The normalized spacial score (nSPS) is 10.8. The van der Waals surface area contributed by atoms with Crippen LogP contribution < -0.4 is 5.32 Å². The summed E-state index contributed by atoms with van der Waals surface area (Å²) in [7, 11) is 0. The van der Waals surface area contributed by atoms with Gasteiger partial charge in [0.05, 0.1) is 17.4 Å². The minimum absolute atomic E-state index is 0.0461. The molecule has 1 amide bonds. The number of hydrogen-bond donors (Lipinski definition) is 1. The summed E-state index contributed by atoms with van der Waals surface area (Å²) < 4.78 is 3.95. The summed E-state index contributed by atoms with van der Waals surface area (Å²) in [6.07, 6.45) is 3.72. The van der Waals surface area contributed by atoms with Gasteiger partial charge in [0.2, 0.25) is 0 Å². The van der Waals surface area contributed by atoms with E-state index in [1.807, 2.05) is 61.1 Å². The second kappa shape index (κ2) is 6.74. The van der Waals surface area contributed by atoms with Gasteiger partial charge in [0.25, 0.3) is 5.91 Å². The molecular formula is C19H22N4O. The van der Waals surface area contributed by atoms with E-state index in [9.17, 15) is 4.79 Å². The van der Waals surface area contributed by atoms with Crippen molar-refractivity contribution < 1.29 is 4.79 Å². The van der Waals surface area contributed by atoms with Crippen molar-refractivity contribution >= 4 is 5.91 Å². The first-order valence-corrected chi connectivity index (χ1v) is 8.14. The van der Waals surface area contributed by atoms with Crippen LogP contribution in [-0.2, 0) is 13.1 Å². The lowest BCUT2D eigenvalue weighted by Gasteiger charge is -2.06. The van der Waals surface area contributed by atoms with Gasteiger partial charge >= 0.3 is 0 Å². The standard InChI is InChI=1S/C19H22N4O/c1-4-22-14(2)10-18(15(22)3)19(24)20-11-16-12-21-23(13-16)17-8-6-5-7-9-17/h5-10,12-13H,4,11H2,1-3H3,(H,20,24). The number of carbonyl (C=O) groups excluding carboxylic acids is 1. The van der Waals surface area contributed by atoms with Gasteiger partial charge < -0.3 is 9.88 Å². The Hall–Kier alpha value is -2.82. The van der Waals surface area contributed by atoms with E-state index in [1.165, 1.54) is 0 Å². The summed E-state index contributed by atoms with van der Waals surface area (Å²) in [5.41, 5.74) is 4.83. The molecule has 124 valence electrons. The maximum Gasteiger partial charge on any atom is 0.253 e. The van der Waals surface area contributed by atoms with Crippen LogP contribution in [0.4, 0.5) is 0 Å². The molecule has 0 fully saturated rings. The number of aryl methyl sites for hydroxylation is 1. The highest BCUT2D eigenvalue weighted by molar-refractivity contribution is 5.95. The Kier molecular flexibility index (Phi) is 4.51. The molecule has 3 aromatic rings. The Morgan fingerprint density at radius 3 is 2.62 bits per heavy atom. The molecule has 0 atom stereocenters. The van der Waals surface area contributed by atoms with Crippen LogP contribution in [0.15, 0.2) is 48.8 Å². The lowest BCUT2D eigenvalue weighted by Crippen LogP contribution is -2.23. The topological polar surface area (TPSA) is 51.9 Å². The van der Waals surface area contributed by atoms with Gasteiger partial charge in [-0.05, 0) is 39.0 Å². The average molecular weight is 322 g/mol. The van der Waals surface area contributed by atoms with Gasteiger partial charge in [-0.3, -0.25) is 4.79 Å². The monoisotopic (exact) mass is 322 g/mol. The third-order valence-corrected chi connectivity index (χ3v) is 4.24. The van der Waals surface area contributed by atoms with E-state index in [0.717, 1.165) is 34.7 Å². The van der Waals surface area contributed by atoms with E-state index >= 15 is 0 Å². The van der Waals surface area contributed by atoms with Crippen LogP contribution in [0.5, 0.6) is 0 Å². The smallest absolute Gasteiger partial charge is 0.253 e. The molecule has 0 unspecified atom stereocenters. The Morgan fingerprint density at radius 2 is 1.96 bits per heavy atom. The summed E-state index contributed by atoms with van der Waals surface area (Å²) in [4.78, 5) is 12.4. The van der Waals surface area contributed by atoms with Crippen LogP contribution in [0.1, 0.15) is 34.2 Å². The average Bonchev–Trinajstić information content (AvgIpc) is 3.18. The molecule has 5 heteroatoms. The second-order valence-electron chi connectivity index (χ2n) is 5.84.